The predicted molar refractivity (Wildman–Crippen MR) is 72.4 cm³/mol. The second-order valence-electron chi connectivity index (χ2n) is 4.67. The molecular formula is C13H19ClN2O. The number of benzene rings is 1. The average Bonchev–Trinajstić information content (AvgIpc) is 2.21. The topological polar surface area (TPSA) is 55.1 Å². The van der Waals surface area contributed by atoms with Crippen molar-refractivity contribution in [2.75, 3.05) is 5.32 Å². The summed E-state index contributed by atoms with van der Waals surface area (Å²) in [7, 11) is 0. The SMILES string of the molecule is Cc1cc(Cl)cc(C)c1NC(=O)[C@H](N)C(C)C. The highest BCUT2D eigenvalue weighted by molar-refractivity contribution is 6.30. The van der Waals surface area contributed by atoms with E-state index in [0.717, 1.165) is 16.8 Å². The van der Waals surface area contributed by atoms with E-state index in [1.54, 1.807) is 0 Å². The van der Waals surface area contributed by atoms with Gasteiger partial charge in [-0.3, -0.25) is 4.79 Å². The van der Waals surface area contributed by atoms with Crippen LogP contribution in [0.3, 0.4) is 0 Å². The van der Waals surface area contributed by atoms with E-state index < -0.39 is 6.04 Å². The summed E-state index contributed by atoms with van der Waals surface area (Å²) in [5.41, 5.74) is 8.49. The third-order valence-electron chi connectivity index (χ3n) is 2.77. The maximum Gasteiger partial charge on any atom is 0.241 e. The number of anilines is 1. The maximum absolute atomic E-state index is 11.9. The molecule has 0 unspecified atom stereocenters. The highest BCUT2D eigenvalue weighted by Crippen LogP contribution is 2.25. The van der Waals surface area contributed by atoms with Crippen LogP contribution in [0.25, 0.3) is 0 Å². The van der Waals surface area contributed by atoms with Crippen LogP contribution in [0.15, 0.2) is 12.1 Å². The Morgan fingerprint density at radius 1 is 1.29 bits per heavy atom. The fourth-order valence-corrected chi connectivity index (χ4v) is 1.94. The van der Waals surface area contributed by atoms with Gasteiger partial charge in [0.1, 0.15) is 0 Å². The number of nitrogens with one attached hydrogen (secondary N) is 1. The predicted octanol–water partition coefficient (Wildman–Crippen LogP) is 2.88. The highest BCUT2D eigenvalue weighted by Gasteiger charge is 2.18. The van der Waals surface area contributed by atoms with Crippen LogP contribution in [0.5, 0.6) is 0 Å². The molecule has 4 heteroatoms. The molecule has 0 aromatic heterocycles. The quantitative estimate of drug-likeness (QED) is 0.872. The number of carbonyl (C=O) groups excluding carboxylic acids is 1. The minimum atomic E-state index is -0.496. The average molecular weight is 255 g/mol. The Bertz CT molecular complexity index is 406. The molecule has 1 aromatic rings. The number of halogens is 1. The molecule has 0 heterocycles. The maximum atomic E-state index is 11.9. The molecule has 3 N–H and O–H groups in total. The van der Waals surface area contributed by atoms with E-state index in [0.29, 0.717) is 5.02 Å². The van der Waals surface area contributed by atoms with Gasteiger partial charge in [0.05, 0.1) is 6.04 Å². The molecule has 1 amide bonds. The molecule has 0 spiro atoms. The lowest BCUT2D eigenvalue weighted by Crippen LogP contribution is -2.40. The van der Waals surface area contributed by atoms with E-state index >= 15 is 0 Å². The van der Waals surface area contributed by atoms with E-state index in [1.165, 1.54) is 0 Å². The second kappa shape index (κ2) is 5.52. The molecular weight excluding hydrogens is 236 g/mol. The lowest BCUT2D eigenvalue weighted by molar-refractivity contribution is -0.118. The summed E-state index contributed by atoms with van der Waals surface area (Å²) < 4.78 is 0. The van der Waals surface area contributed by atoms with Crippen LogP contribution in [-0.4, -0.2) is 11.9 Å². The van der Waals surface area contributed by atoms with Crippen molar-refractivity contribution in [2.45, 2.75) is 33.7 Å². The van der Waals surface area contributed by atoms with E-state index in [-0.39, 0.29) is 11.8 Å². The summed E-state index contributed by atoms with van der Waals surface area (Å²) in [6.45, 7) is 7.67. The normalized spacial score (nSPS) is 12.6. The van der Waals surface area contributed by atoms with E-state index in [4.69, 9.17) is 17.3 Å². The van der Waals surface area contributed by atoms with Crippen LogP contribution in [0.1, 0.15) is 25.0 Å². The first kappa shape index (κ1) is 14.0. The van der Waals surface area contributed by atoms with E-state index in [9.17, 15) is 4.79 Å². The fraction of sp³-hybridized carbons (Fsp3) is 0.462. The molecule has 0 saturated heterocycles. The van der Waals surface area contributed by atoms with Crippen LogP contribution < -0.4 is 11.1 Å². The number of hydrogen-bond donors (Lipinski definition) is 2. The van der Waals surface area contributed by atoms with Crippen LogP contribution in [-0.2, 0) is 4.79 Å². The zero-order valence-electron chi connectivity index (χ0n) is 10.7. The lowest BCUT2D eigenvalue weighted by Gasteiger charge is -2.18. The molecule has 1 aromatic carbocycles. The summed E-state index contributed by atoms with van der Waals surface area (Å²) in [5.74, 6) is -0.0450. The first-order valence-corrected chi connectivity index (χ1v) is 6.04. The Kier molecular flexibility index (Phi) is 4.54. The molecule has 0 saturated carbocycles. The Hall–Kier alpha value is -1.06. The smallest absolute Gasteiger partial charge is 0.241 e. The van der Waals surface area contributed by atoms with Crippen molar-refractivity contribution < 1.29 is 4.79 Å². The Morgan fingerprint density at radius 2 is 1.76 bits per heavy atom. The molecule has 1 atom stereocenters. The Labute approximate surface area is 107 Å². The van der Waals surface area contributed by atoms with Gasteiger partial charge in [-0.1, -0.05) is 25.4 Å². The summed E-state index contributed by atoms with van der Waals surface area (Å²) >= 11 is 5.93. The van der Waals surface area contributed by atoms with E-state index in [1.807, 2.05) is 39.8 Å². The number of nitrogens with two attached hydrogens (primary N) is 1. The van der Waals surface area contributed by atoms with Gasteiger partial charge in [0, 0.05) is 10.7 Å². The molecule has 0 radical (unpaired) electrons. The van der Waals surface area contributed by atoms with Crippen molar-refractivity contribution in [2.24, 2.45) is 11.7 Å². The van der Waals surface area contributed by atoms with Gasteiger partial charge in [0.2, 0.25) is 5.91 Å². The molecule has 0 bridgehead atoms. The van der Waals surface area contributed by atoms with Gasteiger partial charge in [-0.05, 0) is 43.0 Å². The van der Waals surface area contributed by atoms with Gasteiger partial charge in [-0.25, -0.2) is 0 Å². The highest BCUT2D eigenvalue weighted by atomic mass is 35.5. The summed E-state index contributed by atoms with van der Waals surface area (Å²) in [6.07, 6.45) is 0. The summed E-state index contributed by atoms with van der Waals surface area (Å²) in [5, 5.41) is 3.54. The number of rotatable bonds is 3. The third kappa shape index (κ3) is 3.45. The van der Waals surface area contributed by atoms with Gasteiger partial charge in [-0.2, -0.15) is 0 Å². The number of amides is 1. The minimum Gasteiger partial charge on any atom is -0.324 e. The van der Waals surface area contributed by atoms with Crippen molar-refractivity contribution in [1.82, 2.24) is 0 Å². The summed E-state index contributed by atoms with van der Waals surface area (Å²) in [4.78, 5) is 11.9. The van der Waals surface area contributed by atoms with E-state index in [2.05, 4.69) is 5.32 Å². The molecule has 17 heavy (non-hydrogen) atoms. The number of hydrogen-bond acceptors (Lipinski definition) is 2. The van der Waals surface area contributed by atoms with Gasteiger partial charge in [0.15, 0.2) is 0 Å². The standard InChI is InChI=1S/C13H19ClN2O/c1-7(2)11(15)13(17)16-12-8(3)5-10(14)6-9(12)4/h5-7,11H,15H2,1-4H3,(H,16,17)/t11-/m1/s1. The van der Waals surface area contributed by atoms with Crippen molar-refractivity contribution in [3.05, 3.63) is 28.3 Å². The van der Waals surface area contributed by atoms with Gasteiger partial charge >= 0.3 is 0 Å². The molecule has 0 fully saturated rings. The van der Waals surface area contributed by atoms with Crippen molar-refractivity contribution in [3.8, 4) is 0 Å². The molecule has 0 aliphatic rings. The molecule has 0 aliphatic heterocycles. The minimum absolute atomic E-state index is 0.114. The molecule has 0 aliphatic carbocycles. The lowest BCUT2D eigenvalue weighted by atomic mass is 10.0. The Balaban J connectivity index is 2.93. The first-order valence-electron chi connectivity index (χ1n) is 5.66. The largest absolute Gasteiger partial charge is 0.324 e. The van der Waals surface area contributed by atoms with Crippen LogP contribution in [0, 0.1) is 19.8 Å². The number of carbonyl (C=O) groups is 1. The first-order chi connectivity index (χ1) is 7.82. The van der Waals surface area contributed by atoms with Crippen LogP contribution >= 0.6 is 11.6 Å². The fourth-order valence-electron chi connectivity index (χ4n) is 1.62. The van der Waals surface area contributed by atoms with Gasteiger partial charge < -0.3 is 11.1 Å². The zero-order chi connectivity index (χ0) is 13.2. The van der Waals surface area contributed by atoms with Crippen molar-refractivity contribution in [3.63, 3.8) is 0 Å². The second-order valence-corrected chi connectivity index (χ2v) is 5.11. The molecule has 94 valence electrons. The molecule has 3 nitrogen and oxygen atoms in total. The number of aryl methyl sites for hydroxylation is 2. The van der Waals surface area contributed by atoms with Crippen molar-refractivity contribution in [1.29, 1.82) is 0 Å². The summed E-state index contributed by atoms with van der Waals surface area (Å²) in [6, 6.07) is 3.15. The molecule has 1 rings (SSSR count). The van der Waals surface area contributed by atoms with Gasteiger partial charge in [0.25, 0.3) is 0 Å². The van der Waals surface area contributed by atoms with Crippen LogP contribution in [0.2, 0.25) is 5.02 Å². The Morgan fingerprint density at radius 3 is 2.18 bits per heavy atom. The zero-order valence-corrected chi connectivity index (χ0v) is 11.4. The monoisotopic (exact) mass is 254 g/mol. The third-order valence-corrected chi connectivity index (χ3v) is 2.98. The van der Waals surface area contributed by atoms with Crippen LogP contribution in [0.4, 0.5) is 5.69 Å². The van der Waals surface area contributed by atoms with Crippen molar-refractivity contribution >= 4 is 23.2 Å². The van der Waals surface area contributed by atoms with Gasteiger partial charge in [-0.15, -0.1) is 0 Å².